The molecule has 2 rings (SSSR count). The summed E-state index contributed by atoms with van der Waals surface area (Å²) in [6.07, 6.45) is 4.99. The second-order valence-corrected chi connectivity index (χ2v) is 5.41. The number of ether oxygens (including phenoxy) is 1. The molecule has 12 heavy (non-hydrogen) atoms. The molecule has 1 heterocycles. The van der Waals surface area contributed by atoms with Crippen molar-refractivity contribution in [1.29, 1.82) is 0 Å². The summed E-state index contributed by atoms with van der Waals surface area (Å²) >= 11 is 0. The first-order chi connectivity index (χ1) is 5.70. The lowest BCUT2D eigenvalue weighted by molar-refractivity contribution is 0.105. The van der Waals surface area contributed by atoms with Gasteiger partial charge in [0, 0.05) is 0 Å². The van der Waals surface area contributed by atoms with E-state index in [4.69, 9.17) is 4.74 Å². The Labute approximate surface area is 72.3 Å². The number of sulfone groups is 1. The van der Waals surface area contributed by atoms with E-state index in [1.165, 1.54) is 11.7 Å². The standard InChI is InChI=1S/C8H12O3S/c9-12(10)6-5-11-7-3-1-2-4-8(7)12/h5-8H,1-4H2. The van der Waals surface area contributed by atoms with Crippen LogP contribution in [-0.2, 0) is 14.6 Å². The van der Waals surface area contributed by atoms with Crippen LogP contribution in [0.3, 0.4) is 0 Å². The fraction of sp³-hybridized carbons (Fsp3) is 0.750. The zero-order chi connectivity index (χ0) is 8.60. The van der Waals surface area contributed by atoms with Gasteiger partial charge in [0.2, 0.25) is 0 Å². The summed E-state index contributed by atoms with van der Waals surface area (Å²) in [5.41, 5.74) is 0. The van der Waals surface area contributed by atoms with Crippen molar-refractivity contribution in [3.63, 3.8) is 0 Å². The van der Waals surface area contributed by atoms with E-state index in [0.717, 1.165) is 25.7 Å². The summed E-state index contributed by atoms with van der Waals surface area (Å²) in [4.78, 5) is 0. The molecule has 0 N–H and O–H groups in total. The average Bonchev–Trinajstić information content (AvgIpc) is 2.04. The second kappa shape index (κ2) is 2.76. The van der Waals surface area contributed by atoms with E-state index in [0.29, 0.717) is 0 Å². The summed E-state index contributed by atoms with van der Waals surface area (Å²) in [5, 5.41) is 0.927. The van der Waals surface area contributed by atoms with Gasteiger partial charge in [0.25, 0.3) is 0 Å². The molecule has 0 spiro atoms. The number of fused-ring (bicyclic) bond motifs is 1. The first kappa shape index (κ1) is 8.10. The highest BCUT2D eigenvalue weighted by atomic mass is 32.2. The van der Waals surface area contributed by atoms with Gasteiger partial charge in [-0.2, -0.15) is 0 Å². The lowest BCUT2D eigenvalue weighted by atomic mass is 9.97. The molecule has 1 aliphatic heterocycles. The molecule has 1 fully saturated rings. The van der Waals surface area contributed by atoms with Crippen molar-refractivity contribution >= 4 is 9.84 Å². The third-order valence-corrected chi connectivity index (χ3v) is 4.44. The third kappa shape index (κ3) is 1.24. The fourth-order valence-electron chi connectivity index (χ4n) is 1.91. The molecule has 0 bridgehead atoms. The van der Waals surface area contributed by atoms with Crippen LogP contribution in [0.1, 0.15) is 25.7 Å². The molecule has 0 aromatic carbocycles. The molecule has 3 nitrogen and oxygen atoms in total. The van der Waals surface area contributed by atoms with E-state index >= 15 is 0 Å². The van der Waals surface area contributed by atoms with Gasteiger partial charge in [-0.15, -0.1) is 0 Å². The van der Waals surface area contributed by atoms with Crippen molar-refractivity contribution in [2.45, 2.75) is 37.0 Å². The Morgan fingerprint density at radius 3 is 2.75 bits per heavy atom. The van der Waals surface area contributed by atoms with Gasteiger partial charge in [-0.25, -0.2) is 8.42 Å². The lowest BCUT2D eigenvalue weighted by Crippen LogP contribution is -2.39. The maximum absolute atomic E-state index is 11.4. The first-order valence-electron chi connectivity index (χ1n) is 4.26. The minimum absolute atomic E-state index is 0.0752. The molecule has 1 saturated carbocycles. The van der Waals surface area contributed by atoms with Gasteiger partial charge in [0.05, 0.1) is 11.7 Å². The normalized spacial score (nSPS) is 38.3. The quantitative estimate of drug-likeness (QED) is 0.574. The molecule has 0 saturated heterocycles. The topological polar surface area (TPSA) is 43.4 Å². The minimum Gasteiger partial charge on any atom is -0.496 e. The lowest BCUT2D eigenvalue weighted by Gasteiger charge is -2.31. The number of rotatable bonds is 0. The summed E-state index contributed by atoms with van der Waals surface area (Å²) in [6, 6.07) is 0. The molecule has 2 atom stereocenters. The SMILES string of the molecule is O=S1(=O)C=COC2CCCCC21. The van der Waals surface area contributed by atoms with Crippen molar-refractivity contribution in [3.8, 4) is 0 Å². The summed E-state index contributed by atoms with van der Waals surface area (Å²) in [6.45, 7) is 0. The zero-order valence-electron chi connectivity index (χ0n) is 6.77. The predicted molar refractivity (Wildman–Crippen MR) is 45.2 cm³/mol. The Morgan fingerprint density at radius 2 is 2.00 bits per heavy atom. The zero-order valence-corrected chi connectivity index (χ0v) is 7.59. The van der Waals surface area contributed by atoms with Crippen LogP contribution in [0.5, 0.6) is 0 Å². The third-order valence-electron chi connectivity index (χ3n) is 2.56. The van der Waals surface area contributed by atoms with E-state index in [1.807, 2.05) is 0 Å². The predicted octanol–water partition coefficient (Wildman–Crippen LogP) is 1.21. The van der Waals surface area contributed by atoms with Crippen LogP contribution < -0.4 is 0 Å². The van der Waals surface area contributed by atoms with Crippen LogP contribution in [0.25, 0.3) is 0 Å². The van der Waals surface area contributed by atoms with E-state index < -0.39 is 9.84 Å². The average molecular weight is 188 g/mol. The molecule has 1 aliphatic carbocycles. The number of hydrogen-bond acceptors (Lipinski definition) is 3. The van der Waals surface area contributed by atoms with Crippen LogP contribution >= 0.6 is 0 Å². The first-order valence-corrected chi connectivity index (χ1v) is 5.87. The van der Waals surface area contributed by atoms with E-state index in [2.05, 4.69) is 0 Å². The van der Waals surface area contributed by atoms with Crippen LogP contribution in [0.2, 0.25) is 0 Å². The largest absolute Gasteiger partial charge is 0.496 e. The molecule has 4 heteroatoms. The number of hydrogen-bond donors (Lipinski definition) is 0. The van der Waals surface area contributed by atoms with Gasteiger partial charge < -0.3 is 4.74 Å². The molecule has 2 unspecified atom stereocenters. The van der Waals surface area contributed by atoms with Crippen molar-refractivity contribution in [2.75, 3.05) is 0 Å². The Hall–Kier alpha value is -0.510. The highest BCUT2D eigenvalue weighted by molar-refractivity contribution is 7.95. The van der Waals surface area contributed by atoms with Crippen LogP contribution in [-0.4, -0.2) is 19.8 Å². The maximum atomic E-state index is 11.4. The highest BCUT2D eigenvalue weighted by Crippen LogP contribution is 2.30. The Morgan fingerprint density at radius 1 is 1.25 bits per heavy atom. The van der Waals surface area contributed by atoms with Gasteiger partial charge in [-0.1, -0.05) is 6.42 Å². The fourth-order valence-corrected chi connectivity index (χ4v) is 3.45. The molecular formula is C8H12O3S. The molecule has 0 radical (unpaired) electrons. The van der Waals surface area contributed by atoms with Gasteiger partial charge >= 0.3 is 0 Å². The smallest absolute Gasteiger partial charge is 0.181 e. The van der Waals surface area contributed by atoms with Crippen molar-refractivity contribution in [3.05, 3.63) is 11.7 Å². The monoisotopic (exact) mass is 188 g/mol. The molecule has 0 aromatic rings. The van der Waals surface area contributed by atoms with Gasteiger partial charge in [-0.05, 0) is 19.3 Å². The Bertz CT molecular complexity index is 291. The summed E-state index contributed by atoms with van der Waals surface area (Å²) in [7, 11) is -2.99. The summed E-state index contributed by atoms with van der Waals surface area (Å²) in [5.74, 6) is 0. The van der Waals surface area contributed by atoms with Crippen molar-refractivity contribution < 1.29 is 13.2 Å². The van der Waals surface area contributed by atoms with Crippen LogP contribution in [0, 0.1) is 0 Å². The van der Waals surface area contributed by atoms with Crippen molar-refractivity contribution in [1.82, 2.24) is 0 Å². The molecule has 2 aliphatic rings. The van der Waals surface area contributed by atoms with E-state index in [-0.39, 0.29) is 11.4 Å². The second-order valence-electron chi connectivity index (χ2n) is 3.36. The van der Waals surface area contributed by atoms with E-state index in [9.17, 15) is 8.42 Å². The Balaban J connectivity index is 2.30. The van der Waals surface area contributed by atoms with Crippen LogP contribution in [0.4, 0.5) is 0 Å². The van der Waals surface area contributed by atoms with Gasteiger partial charge in [0.1, 0.15) is 11.4 Å². The highest BCUT2D eigenvalue weighted by Gasteiger charge is 2.37. The van der Waals surface area contributed by atoms with Crippen molar-refractivity contribution in [2.24, 2.45) is 0 Å². The molecular weight excluding hydrogens is 176 g/mol. The molecule has 0 amide bonds. The molecule has 68 valence electrons. The van der Waals surface area contributed by atoms with Crippen LogP contribution in [0.15, 0.2) is 11.7 Å². The summed E-state index contributed by atoms with van der Waals surface area (Å²) < 4.78 is 28.2. The minimum atomic E-state index is -2.99. The van der Waals surface area contributed by atoms with Gasteiger partial charge in [-0.3, -0.25) is 0 Å². The van der Waals surface area contributed by atoms with Gasteiger partial charge in [0.15, 0.2) is 9.84 Å². The molecule has 0 aromatic heterocycles. The maximum Gasteiger partial charge on any atom is 0.181 e. The van der Waals surface area contributed by atoms with E-state index in [1.54, 1.807) is 0 Å². The Kier molecular flexibility index (Phi) is 1.87.